The Morgan fingerprint density at radius 2 is 2.07 bits per heavy atom. The lowest BCUT2D eigenvalue weighted by Crippen LogP contribution is -2.24. The number of hydrogen-bond donors (Lipinski definition) is 2. The van der Waals surface area contributed by atoms with Crippen LogP contribution in [0.1, 0.15) is 12.5 Å². The molecular formula is C11H17NO3. The quantitative estimate of drug-likeness (QED) is 0.717. The number of hydrogen-bond acceptors (Lipinski definition) is 4. The minimum absolute atomic E-state index is 0.531. The standard InChI is InChI=1S/C11H17NO3/c1-8(13)12-7-9-4-5-10(14-2)6-11(9)15-3/h4-6,8,12-13H,7H2,1-3H3. The maximum atomic E-state index is 9.10. The molecule has 1 rings (SSSR count). The smallest absolute Gasteiger partial charge is 0.127 e. The molecule has 0 aliphatic rings. The maximum absolute atomic E-state index is 9.10. The van der Waals surface area contributed by atoms with Crippen molar-refractivity contribution in [1.29, 1.82) is 0 Å². The van der Waals surface area contributed by atoms with Gasteiger partial charge in [0.2, 0.25) is 0 Å². The molecule has 1 atom stereocenters. The molecule has 0 fully saturated rings. The summed E-state index contributed by atoms with van der Waals surface area (Å²) in [5.41, 5.74) is 0.985. The van der Waals surface area contributed by atoms with Gasteiger partial charge in [0.1, 0.15) is 17.7 Å². The highest BCUT2D eigenvalue weighted by molar-refractivity contribution is 5.40. The molecule has 0 aliphatic carbocycles. The SMILES string of the molecule is COc1ccc(CNC(C)O)c(OC)c1. The van der Waals surface area contributed by atoms with Crippen molar-refractivity contribution in [3.05, 3.63) is 23.8 Å². The molecule has 15 heavy (non-hydrogen) atoms. The molecule has 0 amide bonds. The fourth-order valence-electron chi connectivity index (χ4n) is 1.26. The molecule has 0 saturated carbocycles. The maximum Gasteiger partial charge on any atom is 0.127 e. The Bertz CT molecular complexity index is 313. The van der Waals surface area contributed by atoms with Gasteiger partial charge >= 0.3 is 0 Å². The van der Waals surface area contributed by atoms with E-state index in [1.54, 1.807) is 21.1 Å². The molecule has 0 aliphatic heterocycles. The Labute approximate surface area is 89.8 Å². The van der Waals surface area contributed by atoms with E-state index in [-0.39, 0.29) is 0 Å². The highest BCUT2D eigenvalue weighted by atomic mass is 16.5. The van der Waals surface area contributed by atoms with E-state index in [2.05, 4.69) is 5.32 Å². The predicted octanol–water partition coefficient (Wildman–Crippen LogP) is 1.13. The molecule has 1 unspecified atom stereocenters. The zero-order valence-electron chi connectivity index (χ0n) is 9.28. The molecule has 4 nitrogen and oxygen atoms in total. The van der Waals surface area contributed by atoms with E-state index in [0.717, 1.165) is 17.1 Å². The van der Waals surface area contributed by atoms with Crippen LogP contribution < -0.4 is 14.8 Å². The number of aliphatic hydroxyl groups is 1. The second kappa shape index (κ2) is 5.58. The van der Waals surface area contributed by atoms with Crippen molar-refractivity contribution in [3.8, 4) is 11.5 Å². The minimum Gasteiger partial charge on any atom is -0.497 e. The summed E-state index contributed by atoms with van der Waals surface area (Å²) in [6.07, 6.45) is -0.531. The fourth-order valence-corrected chi connectivity index (χ4v) is 1.26. The highest BCUT2D eigenvalue weighted by Gasteiger charge is 2.05. The minimum atomic E-state index is -0.531. The Balaban J connectivity index is 2.78. The van der Waals surface area contributed by atoms with Gasteiger partial charge in [-0.2, -0.15) is 0 Å². The van der Waals surface area contributed by atoms with Crippen LogP contribution in [0.15, 0.2) is 18.2 Å². The molecule has 1 aromatic rings. The molecule has 2 N–H and O–H groups in total. The van der Waals surface area contributed by atoms with Crippen LogP contribution >= 0.6 is 0 Å². The Kier molecular flexibility index (Phi) is 4.39. The number of aliphatic hydroxyl groups excluding tert-OH is 1. The van der Waals surface area contributed by atoms with Crippen LogP contribution in [0.5, 0.6) is 11.5 Å². The van der Waals surface area contributed by atoms with E-state index in [1.165, 1.54) is 0 Å². The summed E-state index contributed by atoms with van der Waals surface area (Å²) >= 11 is 0. The zero-order valence-corrected chi connectivity index (χ0v) is 9.28. The molecule has 4 heteroatoms. The van der Waals surface area contributed by atoms with Gasteiger partial charge in [0.15, 0.2) is 0 Å². The van der Waals surface area contributed by atoms with Crippen LogP contribution in [-0.2, 0) is 6.54 Å². The third-order valence-corrected chi connectivity index (χ3v) is 2.08. The summed E-state index contributed by atoms with van der Waals surface area (Å²) in [6.45, 7) is 2.24. The van der Waals surface area contributed by atoms with Crippen LogP contribution in [0.3, 0.4) is 0 Å². The topological polar surface area (TPSA) is 50.7 Å². The monoisotopic (exact) mass is 211 g/mol. The normalized spacial score (nSPS) is 12.3. The van der Waals surface area contributed by atoms with Gasteiger partial charge in [0.05, 0.1) is 14.2 Å². The van der Waals surface area contributed by atoms with Gasteiger partial charge in [-0.15, -0.1) is 0 Å². The molecule has 0 aromatic heterocycles. The van der Waals surface area contributed by atoms with Crippen LogP contribution in [0.2, 0.25) is 0 Å². The number of nitrogens with one attached hydrogen (secondary N) is 1. The molecule has 0 heterocycles. The lowest BCUT2D eigenvalue weighted by molar-refractivity contribution is 0.154. The van der Waals surface area contributed by atoms with E-state index in [4.69, 9.17) is 14.6 Å². The highest BCUT2D eigenvalue weighted by Crippen LogP contribution is 2.24. The van der Waals surface area contributed by atoms with E-state index < -0.39 is 6.23 Å². The predicted molar refractivity (Wildman–Crippen MR) is 58.1 cm³/mol. The fraction of sp³-hybridized carbons (Fsp3) is 0.455. The van der Waals surface area contributed by atoms with E-state index in [0.29, 0.717) is 6.54 Å². The van der Waals surface area contributed by atoms with Crippen LogP contribution in [0.25, 0.3) is 0 Å². The average molecular weight is 211 g/mol. The Hall–Kier alpha value is -1.26. The lowest BCUT2D eigenvalue weighted by Gasteiger charge is -2.12. The van der Waals surface area contributed by atoms with Crippen molar-refractivity contribution in [2.45, 2.75) is 19.7 Å². The van der Waals surface area contributed by atoms with Crippen molar-refractivity contribution in [2.24, 2.45) is 0 Å². The molecule has 0 spiro atoms. The Morgan fingerprint density at radius 1 is 1.33 bits per heavy atom. The average Bonchev–Trinajstić information content (AvgIpc) is 2.25. The first-order chi connectivity index (χ1) is 7.17. The second-order valence-corrected chi connectivity index (χ2v) is 3.23. The molecule has 84 valence electrons. The van der Waals surface area contributed by atoms with Gasteiger partial charge in [0, 0.05) is 18.2 Å². The summed E-state index contributed by atoms with van der Waals surface area (Å²) in [7, 11) is 3.23. The molecular weight excluding hydrogens is 194 g/mol. The summed E-state index contributed by atoms with van der Waals surface area (Å²) in [5.74, 6) is 1.51. The molecule has 0 saturated heterocycles. The summed E-state index contributed by atoms with van der Waals surface area (Å²) in [6, 6.07) is 5.59. The number of benzene rings is 1. The first-order valence-electron chi connectivity index (χ1n) is 4.79. The van der Waals surface area contributed by atoms with E-state index in [1.807, 2.05) is 18.2 Å². The molecule has 1 aromatic carbocycles. The summed E-state index contributed by atoms with van der Waals surface area (Å²) in [4.78, 5) is 0. The zero-order chi connectivity index (χ0) is 11.3. The van der Waals surface area contributed by atoms with Gasteiger partial charge in [-0.25, -0.2) is 0 Å². The summed E-state index contributed by atoms with van der Waals surface area (Å²) < 4.78 is 10.3. The van der Waals surface area contributed by atoms with Crippen molar-refractivity contribution in [2.75, 3.05) is 14.2 Å². The third-order valence-electron chi connectivity index (χ3n) is 2.08. The number of methoxy groups -OCH3 is 2. The molecule has 0 bridgehead atoms. The first kappa shape index (κ1) is 11.8. The van der Waals surface area contributed by atoms with Crippen molar-refractivity contribution in [3.63, 3.8) is 0 Å². The van der Waals surface area contributed by atoms with Crippen molar-refractivity contribution in [1.82, 2.24) is 5.32 Å². The first-order valence-corrected chi connectivity index (χ1v) is 4.79. The third kappa shape index (κ3) is 3.42. The van der Waals surface area contributed by atoms with E-state index >= 15 is 0 Å². The van der Waals surface area contributed by atoms with Crippen molar-refractivity contribution >= 4 is 0 Å². The van der Waals surface area contributed by atoms with Gasteiger partial charge in [0.25, 0.3) is 0 Å². The van der Waals surface area contributed by atoms with Gasteiger partial charge in [-0.05, 0) is 13.0 Å². The van der Waals surface area contributed by atoms with Gasteiger partial charge < -0.3 is 14.6 Å². The summed E-state index contributed by atoms with van der Waals surface area (Å²) in [5, 5.41) is 12.0. The largest absolute Gasteiger partial charge is 0.497 e. The lowest BCUT2D eigenvalue weighted by atomic mass is 10.2. The molecule has 0 radical (unpaired) electrons. The van der Waals surface area contributed by atoms with Crippen molar-refractivity contribution < 1.29 is 14.6 Å². The Morgan fingerprint density at radius 3 is 2.60 bits per heavy atom. The van der Waals surface area contributed by atoms with Crippen LogP contribution in [0.4, 0.5) is 0 Å². The van der Waals surface area contributed by atoms with Crippen LogP contribution in [0, 0.1) is 0 Å². The second-order valence-electron chi connectivity index (χ2n) is 3.23. The van der Waals surface area contributed by atoms with E-state index in [9.17, 15) is 0 Å². The van der Waals surface area contributed by atoms with Crippen LogP contribution in [-0.4, -0.2) is 25.6 Å². The van der Waals surface area contributed by atoms with Gasteiger partial charge in [-0.1, -0.05) is 6.07 Å². The van der Waals surface area contributed by atoms with Gasteiger partial charge in [-0.3, -0.25) is 5.32 Å². The number of rotatable bonds is 5. The number of ether oxygens (including phenoxy) is 2.